The van der Waals surface area contributed by atoms with Crippen LogP contribution in [0.2, 0.25) is 0 Å². The Kier molecular flexibility index (Phi) is 5.20. The molecule has 0 aliphatic rings. The Bertz CT molecular complexity index is 2350. The normalized spacial score (nSPS) is 11.7. The molecule has 2 heterocycles. The SMILES string of the molecule is c1ccc(-c2cc3c(c4ccccc24)c2c4ccccc4c(-c4ccccc4)cc2n3-c2cccc3nccnc23)cc1. The van der Waals surface area contributed by atoms with Crippen LogP contribution in [-0.2, 0) is 0 Å². The van der Waals surface area contributed by atoms with Crippen LogP contribution in [0.15, 0.2) is 152 Å². The standard InChI is InChI=1S/C40H25N3/c1-3-12-26(13-4-1)32-24-36-38(30-18-9-7-16-28(30)32)39-31-19-10-8-17-29(31)33(27-14-5-2-6-15-27)25-37(39)43(36)35-21-11-20-34-40(35)42-23-22-41-34/h1-25H. The van der Waals surface area contributed by atoms with Crippen molar-refractivity contribution >= 4 is 54.4 Å². The predicted molar refractivity (Wildman–Crippen MR) is 180 cm³/mol. The maximum atomic E-state index is 4.85. The molecule has 0 unspecified atom stereocenters. The van der Waals surface area contributed by atoms with Crippen LogP contribution >= 0.6 is 0 Å². The van der Waals surface area contributed by atoms with E-state index in [1.807, 2.05) is 6.07 Å². The van der Waals surface area contributed by atoms with Crippen LogP contribution in [0.3, 0.4) is 0 Å². The van der Waals surface area contributed by atoms with Gasteiger partial charge in [-0.15, -0.1) is 0 Å². The van der Waals surface area contributed by atoms with E-state index in [1.54, 1.807) is 12.4 Å². The lowest BCUT2D eigenvalue weighted by molar-refractivity contribution is 1.17. The molecule has 9 rings (SSSR count). The molecular formula is C40H25N3. The molecule has 2 aromatic heterocycles. The van der Waals surface area contributed by atoms with Crippen LogP contribution in [0.5, 0.6) is 0 Å². The largest absolute Gasteiger partial charge is 0.307 e. The molecule has 0 aliphatic carbocycles. The number of hydrogen-bond donors (Lipinski definition) is 0. The van der Waals surface area contributed by atoms with Gasteiger partial charge in [-0.3, -0.25) is 9.97 Å². The zero-order valence-electron chi connectivity index (χ0n) is 23.3. The van der Waals surface area contributed by atoms with Crippen LogP contribution in [0.25, 0.3) is 82.3 Å². The highest BCUT2D eigenvalue weighted by Crippen LogP contribution is 2.46. The van der Waals surface area contributed by atoms with E-state index in [0.29, 0.717) is 0 Å². The lowest BCUT2D eigenvalue weighted by atomic mass is 9.92. The van der Waals surface area contributed by atoms with Gasteiger partial charge in [-0.2, -0.15) is 0 Å². The first-order chi connectivity index (χ1) is 21.4. The molecule has 0 N–H and O–H groups in total. The van der Waals surface area contributed by atoms with E-state index in [1.165, 1.54) is 54.6 Å². The summed E-state index contributed by atoms with van der Waals surface area (Å²) in [6.07, 6.45) is 3.55. The minimum Gasteiger partial charge on any atom is -0.307 e. The van der Waals surface area contributed by atoms with E-state index in [0.717, 1.165) is 27.8 Å². The van der Waals surface area contributed by atoms with Crippen molar-refractivity contribution in [2.24, 2.45) is 0 Å². The zero-order chi connectivity index (χ0) is 28.3. The van der Waals surface area contributed by atoms with Gasteiger partial charge in [-0.05, 0) is 68.1 Å². The van der Waals surface area contributed by atoms with Gasteiger partial charge in [0.2, 0.25) is 0 Å². The fourth-order valence-electron chi connectivity index (χ4n) is 6.86. The predicted octanol–water partition coefficient (Wildman–Crippen LogP) is 10.4. The molecule has 3 nitrogen and oxygen atoms in total. The summed E-state index contributed by atoms with van der Waals surface area (Å²) in [6, 6.07) is 50.1. The summed E-state index contributed by atoms with van der Waals surface area (Å²) in [4.78, 5) is 9.52. The van der Waals surface area contributed by atoms with Crippen molar-refractivity contribution in [1.29, 1.82) is 0 Å². The Labute approximate surface area is 248 Å². The summed E-state index contributed by atoms with van der Waals surface area (Å²) in [6.45, 7) is 0. The van der Waals surface area contributed by atoms with Crippen LogP contribution in [0.4, 0.5) is 0 Å². The molecule has 200 valence electrons. The van der Waals surface area contributed by atoms with Gasteiger partial charge in [-0.1, -0.05) is 115 Å². The van der Waals surface area contributed by atoms with E-state index in [-0.39, 0.29) is 0 Å². The topological polar surface area (TPSA) is 30.7 Å². The zero-order valence-corrected chi connectivity index (χ0v) is 23.3. The van der Waals surface area contributed by atoms with Gasteiger partial charge < -0.3 is 4.57 Å². The van der Waals surface area contributed by atoms with Crippen molar-refractivity contribution in [1.82, 2.24) is 14.5 Å². The fraction of sp³-hybridized carbons (Fsp3) is 0. The van der Waals surface area contributed by atoms with Gasteiger partial charge in [0.15, 0.2) is 0 Å². The summed E-state index contributed by atoms with van der Waals surface area (Å²) in [5, 5.41) is 7.48. The van der Waals surface area contributed by atoms with Gasteiger partial charge >= 0.3 is 0 Å². The van der Waals surface area contributed by atoms with Gasteiger partial charge in [0.25, 0.3) is 0 Å². The summed E-state index contributed by atoms with van der Waals surface area (Å²) >= 11 is 0. The highest BCUT2D eigenvalue weighted by Gasteiger charge is 2.22. The number of aromatic nitrogens is 3. The molecule has 7 aromatic carbocycles. The molecule has 0 bridgehead atoms. The molecule has 0 atom stereocenters. The second-order valence-electron chi connectivity index (χ2n) is 11.0. The van der Waals surface area contributed by atoms with Crippen molar-refractivity contribution in [2.75, 3.05) is 0 Å². The van der Waals surface area contributed by atoms with E-state index >= 15 is 0 Å². The second kappa shape index (κ2) is 9.37. The van der Waals surface area contributed by atoms with Gasteiger partial charge in [0.1, 0.15) is 5.52 Å². The van der Waals surface area contributed by atoms with E-state index in [9.17, 15) is 0 Å². The lowest BCUT2D eigenvalue weighted by Gasteiger charge is -2.14. The molecule has 0 fully saturated rings. The van der Waals surface area contributed by atoms with Crippen molar-refractivity contribution in [2.45, 2.75) is 0 Å². The number of benzene rings is 7. The number of rotatable bonds is 3. The smallest absolute Gasteiger partial charge is 0.113 e. The van der Waals surface area contributed by atoms with Gasteiger partial charge in [0, 0.05) is 23.2 Å². The van der Waals surface area contributed by atoms with Crippen molar-refractivity contribution in [3.63, 3.8) is 0 Å². The molecule has 0 amide bonds. The molecule has 9 aromatic rings. The van der Waals surface area contributed by atoms with E-state index in [2.05, 4.69) is 143 Å². The Morgan fingerprint density at radius 3 is 1.47 bits per heavy atom. The molecule has 0 aliphatic heterocycles. The summed E-state index contributed by atoms with van der Waals surface area (Å²) in [5.74, 6) is 0. The maximum absolute atomic E-state index is 4.85. The summed E-state index contributed by atoms with van der Waals surface area (Å²) in [5.41, 5.74) is 9.92. The number of nitrogens with zero attached hydrogens (tertiary/aromatic N) is 3. The van der Waals surface area contributed by atoms with Crippen LogP contribution in [0.1, 0.15) is 0 Å². The van der Waals surface area contributed by atoms with Crippen molar-refractivity contribution in [3.05, 3.63) is 152 Å². The number of hydrogen-bond acceptors (Lipinski definition) is 2. The average Bonchev–Trinajstić information content (AvgIpc) is 3.42. The Morgan fingerprint density at radius 2 is 0.907 bits per heavy atom. The number of fused-ring (bicyclic) bond motifs is 8. The third kappa shape index (κ3) is 3.55. The lowest BCUT2D eigenvalue weighted by Crippen LogP contribution is -1.98. The van der Waals surface area contributed by atoms with Crippen LogP contribution in [0, 0.1) is 0 Å². The van der Waals surface area contributed by atoms with Gasteiger partial charge in [-0.25, -0.2) is 0 Å². The first-order valence-corrected chi connectivity index (χ1v) is 14.6. The third-order valence-electron chi connectivity index (χ3n) is 8.67. The fourth-order valence-corrected chi connectivity index (χ4v) is 6.86. The summed E-state index contributed by atoms with van der Waals surface area (Å²) in [7, 11) is 0. The first-order valence-electron chi connectivity index (χ1n) is 14.6. The molecule has 0 radical (unpaired) electrons. The quantitative estimate of drug-likeness (QED) is 0.220. The molecule has 0 saturated carbocycles. The average molecular weight is 548 g/mol. The Hall–Kier alpha value is -5.80. The Morgan fingerprint density at radius 1 is 0.419 bits per heavy atom. The van der Waals surface area contributed by atoms with Gasteiger partial charge in [0.05, 0.1) is 22.2 Å². The minimum absolute atomic E-state index is 0.878. The molecule has 43 heavy (non-hydrogen) atoms. The monoisotopic (exact) mass is 547 g/mol. The molecule has 0 spiro atoms. The second-order valence-corrected chi connectivity index (χ2v) is 11.0. The van der Waals surface area contributed by atoms with Crippen LogP contribution in [-0.4, -0.2) is 14.5 Å². The highest BCUT2D eigenvalue weighted by atomic mass is 15.0. The van der Waals surface area contributed by atoms with E-state index in [4.69, 9.17) is 4.98 Å². The molecule has 0 saturated heterocycles. The third-order valence-corrected chi connectivity index (χ3v) is 8.67. The highest BCUT2D eigenvalue weighted by molar-refractivity contribution is 6.31. The first kappa shape index (κ1) is 23.9. The minimum atomic E-state index is 0.878. The van der Waals surface area contributed by atoms with E-state index < -0.39 is 0 Å². The molecular weight excluding hydrogens is 522 g/mol. The molecule has 3 heteroatoms. The van der Waals surface area contributed by atoms with Crippen LogP contribution < -0.4 is 0 Å². The van der Waals surface area contributed by atoms with Crippen molar-refractivity contribution < 1.29 is 0 Å². The Balaban J connectivity index is 1.57. The number of para-hydroxylation sites is 1. The summed E-state index contributed by atoms with van der Waals surface area (Å²) < 4.78 is 2.42. The van der Waals surface area contributed by atoms with Crippen molar-refractivity contribution in [3.8, 4) is 27.9 Å². The maximum Gasteiger partial charge on any atom is 0.113 e.